The topological polar surface area (TPSA) is 46.5 Å². The van der Waals surface area contributed by atoms with Crippen LogP contribution in [0.15, 0.2) is 72.8 Å². The van der Waals surface area contributed by atoms with Crippen molar-refractivity contribution in [3.63, 3.8) is 0 Å². The highest BCUT2D eigenvalue weighted by molar-refractivity contribution is 7.22. The Morgan fingerprint density at radius 2 is 1.77 bits per heavy atom. The largest absolute Gasteiger partial charge is 0.479 e. The lowest BCUT2D eigenvalue weighted by molar-refractivity contribution is -0.145. The van der Waals surface area contributed by atoms with E-state index < -0.39 is 12.1 Å². The highest BCUT2D eigenvalue weighted by Crippen LogP contribution is 2.34. The first-order valence-corrected chi connectivity index (χ1v) is 10.9. The van der Waals surface area contributed by atoms with Crippen molar-refractivity contribution < 1.29 is 14.6 Å². The van der Waals surface area contributed by atoms with Crippen LogP contribution in [0, 0.1) is 13.8 Å². The summed E-state index contributed by atoms with van der Waals surface area (Å²) < 4.78 is 7.08. The Hall–Kier alpha value is -3.11. The van der Waals surface area contributed by atoms with Crippen LogP contribution >= 0.6 is 11.3 Å². The zero-order valence-electron chi connectivity index (χ0n) is 17.1. The quantitative estimate of drug-likeness (QED) is 0.367. The number of rotatable bonds is 7. The van der Waals surface area contributed by atoms with Crippen LogP contribution < -0.4 is 4.74 Å². The van der Waals surface area contributed by atoms with Gasteiger partial charge in [-0.2, -0.15) is 0 Å². The molecule has 4 aromatic rings. The van der Waals surface area contributed by atoms with E-state index in [9.17, 15) is 9.90 Å². The molecule has 1 heterocycles. The minimum atomic E-state index is -0.936. The van der Waals surface area contributed by atoms with Crippen molar-refractivity contribution in [2.75, 3.05) is 0 Å². The highest BCUT2D eigenvalue weighted by Gasteiger charge is 2.20. The first kappa shape index (κ1) is 20.2. The summed E-state index contributed by atoms with van der Waals surface area (Å²) in [7, 11) is 0. The molecule has 0 aliphatic heterocycles. The van der Waals surface area contributed by atoms with Crippen molar-refractivity contribution in [2.24, 2.45) is 0 Å². The number of carboxylic acid groups (broad SMARTS) is 1. The minimum absolute atomic E-state index is 0.428. The van der Waals surface area contributed by atoms with Crippen molar-refractivity contribution in [3.8, 4) is 16.2 Å². The molecule has 1 atom stereocenters. The highest BCUT2D eigenvalue weighted by atomic mass is 32.1. The van der Waals surface area contributed by atoms with Gasteiger partial charge < -0.3 is 9.84 Å². The van der Waals surface area contributed by atoms with Gasteiger partial charge in [0.25, 0.3) is 0 Å². The molecular formula is C26H24O3S. The second kappa shape index (κ2) is 8.72. The molecule has 4 heteroatoms. The summed E-state index contributed by atoms with van der Waals surface area (Å²) in [5.41, 5.74) is 4.63. The number of carbonyl (C=O) groups is 1. The Labute approximate surface area is 180 Å². The molecule has 3 aromatic carbocycles. The van der Waals surface area contributed by atoms with E-state index in [4.69, 9.17) is 4.74 Å². The van der Waals surface area contributed by atoms with Crippen LogP contribution in [0.1, 0.15) is 23.1 Å². The minimum Gasteiger partial charge on any atom is -0.479 e. The fraction of sp³-hybridized carbons (Fsp3) is 0.192. The van der Waals surface area contributed by atoms with Crippen LogP contribution in [0.4, 0.5) is 0 Å². The van der Waals surface area contributed by atoms with Crippen molar-refractivity contribution in [3.05, 3.63) is 89.5 Å². The molecule has 1 N–H and O–H groups in total. The summed E-state index contributed by atoms with van der Waals surface area (Å²) in [6, 6.07) is 24.5. The maximum atomic E-state index is 11.7. The number of carboxylic acids is 1. The van der Waals surface area contributed by atoms with Gasteiger partial charge in [-0.1, -0.05) is 42.0 Å². The lowest BCUT2D eigenvalue weighted by atomic mass is 10.00. The number of fused-ring (bicyclic) bond motifs is 1. The number of aryl methyl sites for hydroxylation is 3. The fourth-order valence-electron chi connectivity index (χ4n) is 3.58. The van der Waals surface area contributed by atoms with E-state index in [1.165, 1.54) is 31.7 Å². The monoisotopic (exact) mass is 416 g/mol. The number of thiophene rings is 1. The van der Waals surface area contributed by atoms with Crippen LogP contribution in [0.3, 0.4) is 0 Å². The third-order valence-electron chi connectivity index (χ3n) is 5.30. The number of aliphatic carboxylic acids is 1. The molecule has 1 aromatic heterocycles. The lowest BCUT2D eigenvalue weighted by Gasteiger charge is -2.16. The first-order chi connectivity index (χ1) is 14.5. The van der Waals surface area contributed by atoms with E-state index in [0.29, 0.717) is 18.6 Å². The predicted octanol–water partition coefficient (Wildman–Crippen LogP) is 6.65. The van der Waals surface area contributed by atoms with Gasteiger partial charge >= 0.3 is 5.97 Å². The van der Waals surface area contributed by atoms with Crippen LogP contribution in [0.5, 0.6) is 5.75 Å². The third-order valence-corrected chi connectivity index (χ3v) is 6.46. The number of hydrogen-bond donors (Lipinski definition) is 1. The Kier molecular flexibility index (Phi) is 5.86. The first-order valence-electron chi connectivity index (χ1n) is 10.0. The molecule has 0 spiro atoms. The number of hydrogen-bond acceptors (Lipinski definition) is 3. The second-order valence-electron chi connectivity index (χ2n) is 7.59. The molecular weight excluding hydrogens is 392 g/mol. The van der Waals surface area contributed by atoms with Crippen molar-refractivity contribution in [1.82, 2.24) is 0 Å². The van der Waals surface area contributed by atoms with Gasteiger partial charge in [0.2, 0.25) is 0 Å². The molecule has 0 fully saturated rings. The molecule has 0 aliphatic rings. The number of benzene rings is 3. The molecule has 1 unspecified atom stereocenters. The van der Waals surface area contributed by atoms with Gasteiger partial charge in [-0.15, -0.1) is 11.3 Å². The van der Waals surface area contributed by atoms with Gasteiger partial charge in [0.1, 0.15) is 5.75 Å². The standard InChI is InChI=1S/C26H24O3S/c1-17-7-8-18(2)20(15-17)11-14-23(26(27)28)29-22-12-9-19(10-13-22)25-16-21-5-3-4-6-24(21)30-25/h3-10,12-13,15-16,23H,11,14H2,1-2H3,(H,27,28). The van der Waals surface area contributed by atoms with Gasteiger partial charge in [0, 0.05) is 9.58 Å². The third kappa shape index (κ3) is 4.55. The molecule has 0 aliphatic carbocycles. The van der Waals surface area contributed by atoms with Gasteiger partial charge in [0.05, 0.1) is 0 Å². The zero-order valence-corrected chi connectivity index (χ0v) is 17.9. The fourth-order valence-corrected chi connectivity index (χ4v) is 4.64. The summed E-state index contributed by atoms with van der Waals surface area (Å²) in [5, 5.41) is 10.9. The van der Waals surface area contributed by atoms with Crippen LogP contribution in [0.2, 0.25) is 0 Å². The van der Waals surface area contributed by atoms with E-state index in [1.54, 1.807) is 11.3 Å². The van der Waals surface area contributed by atoms with Crippen molar-refractivity contribution in [1.29, 1.82) is 0 Å². The smallest absolute Gasteiger partial charge is 0.344 e. The van der Waals surface area contributed by atoms with Gasteiger partial charge in [-0.3, -0.25) is 0 Å². The molecule has 0 radical (unpaired) electrons. The molecule has 0 bridgehead atoms. The van der Waals surface area contributed by atoms with Gasteiger partial charge in [-0.05, 0) is 85.2 Å². The van der Waals surface area contributed by atoms with Crippen LogP contribution in [-0.4, -0.2) is 17.2 Å². The summed E-state index contributed by atoms with van der Waals surface area (Å²) >= 11 is 1.75. The molecule has 152 valence electrons. The lowest BCUT2D eigenvalue weighted by Crippen LogP contribution is -2.27. The zero-order chi connectivity index (χ0) is 21.1. The van der Waals surface area contributed by atoms with E-state index in [2.05, 4.69) is 43.3 Å². The van der Waals surface area contributed by atoms with E-state index in [1.807, 2.05) is 43.3 Å². The average Bonchev–Trinajstić information content (AvgIpc) is 3.18. The maximum absolute atomic E-state index is 11.7. The maximum Gasteiger partial charge on any atom is 0.344 e. The van der Waals surface area contributed by atoms with Crippen LogP contribution in [-0.2, 0) is 11.2 Å². The predicted molar refractivity (Wildman–Crippen MR) is 124 cm³/mol. The molecule has 0 amide bonds. The molecule has 4 rings (SSSR count). The Bertz CT molecular complexity index is 1140. The van der Waals surface area contributed by atoms with Gasteiger partial charge in [0.15, 0.2) is 6.10 Å². The molecule has 0 saturated heterocycles. The Balaban J connectivity index is 1.46. The van der Waals surface area contributed by atoms with E-state index in [-0.39, 0.29) is 0 Å². The summed E-state index contributed by atoms with van der Waals surface area (Å²) in [5.74, 6) is -0.359. The molecule has 0 saturated carbocycles. The summed E-state index contributed by atoms with van der Waals surface area (Å²) in [6.07, 6.45) is 0.224. The Morgan fingerprint density at radius 1 is 1.00 bits per heavy atom. The van der Waals surface area contributed by atoms with Gasteiger partial charge in [-0.25, -0.2) is 4.79 Å². The molecule has 3 nitrogen and oxygen atoms in total. The second-order valence-corrected chi connectivity index (χ2v) is 8.67. The van der Waals surface area contributed by atoms with Crippen LogP contribution in [0.25, 0.3) is 20.5 Å². The van der Waals surface area contributed by atoms with E-state index in [0.717, 1.165) is 5.56 Å². The molecule has 30 heavy (non-hydrogen) atoms. The van der Waals surface area contributed by atoms with Crippen molar-refractivity contribution in [2.45, 2.75) is 32.8 Å². The Morgan fingerprint density at radius 3 is 2.50 bits per heavy atom. The SMILES string of the molecule is Cc1ccc(C)c(CCC(Oc2ccc(-c3cc4ccccc4s3)cc2)C(=O)O)c1. The summed E-state index contributed by atoms with van der Waals surface area (Å²) in [6.45, 7) is 4.10. The number of ether oxygens (including phenoxy) is 1. The van der Waals surface area contributed by atoms with E-state index >= 15 is 0 Å². The average molecular weight is 417 g/mol. The van der Waals surface area contributed by atoms with Crippen molar-refractivity contribution >= 4 is 27.4 Å². The normalized spacial score (nSPS) is 12.1. The summed E-state index contributed by atoms with van der Waals surface area (Å²) in [4.78, 5) is 12.9.